The van der Waals surface area contributed by atoms with E-state index in [9.17, 15) is 0 Å². The number of hydrogen-bond donors (Lipinski definition) is 2. The average Bonchev–Trinajstić information content (AvgIpc) is 3.68. The summed E-state index contributed by atoms with van der Waals surface area (Å²) in [5, 5.41) is 8.13. The molecule has 0 aliphatic carbocycles. The number of fused-ring (bicyclic) bond motifs is 1. The maximum atomic E-state index is 5.79. The van der Waals surface area contributed by atoms with Gasteiger partial charge in [0, 0.05) is 18.5 Å². The van der Waals surface area contributed by atoms with E-state index in [-0.39, 0.29) is 5.41 Å². The minimum absolute atomic E-state index is 0.0592. The standard InChI is InChI=1S/C26H34N2O.C7H16.C5H11N.C3H6.C2H6/c1-9-18-12-11-13-20-15-23(28(7)24(18)20)17(3)27-22-16-21(26(4,5)6)14-19(10-2)25(22)29-8;1-3-5-7-6-4-2;1-5-3-2-4-6-5;1-3-2;1-2/h11-16,27H,3,9-10H2,1-2,4-8H3;3-7H2,1-2H3;5-6H,2-4H2,1H3;3H,1H2,2H3;1-2H3. The molecular weight excluding hydrogens is 574 g/mol. The molecule has 0 amide bonds. The van der Waals surface area contributed by atoms with Crippen molar-refractivity contribution in [3.8, 4) is 5.75 Å². The summed E-state index contributed by atoms with van der Waals surface area (Å²) in [5.74, 6) is 0.898. The third-order valence-electron chi connectivity index (χ3n) is 8.25. The molecule has 1 aliphatic rings. The van der Waals surface area contributed by atoms with Gasteiger partial charge in [0.25, 0.3) is 0 Å². The number of aryl methyl sites for hydroxylation is 3. The Morgan fingerprint density at radius 1 is 1.00 bits per heavy atom. The second kappa shape index (κ2) is 24.2. The molecule has 1 aromatic heterocycles. The zero-order valence-electron chi connectivity index (χ0n) is 33.0. The molecule has 1 aliphatic heterocycles. The van der Waals surface area contributed by atoms with E-state index in [2.05, 4.69) is 127 Å². The fourth-order valence-electron chi connectivity index (χ4n) is 5.56. The van der Waals surface area contributed by atoms with Crippen molar-refractivity contribution < 1.29 is 4.74 Å². The molecule has 0 radical (unpaired) electrons. The molecule has 4 nitrogen and oxygen atoms in total. The molecule has 4 rings (SSSR count). The largest absolute Gasteiger partial charge is 0.494 e. The second-order valence-corrected chi connectivity index (χ2v) is 13.2. The summed E-state index contributed by atoms with van der Waals surface area (Å²) in [6, 6.07) is 14.0. The van der Waals surface area contributed by atoms with Crippen LogP contribution in [0.15, 0.2) is 55.6 Å². The van der Waals surface area contributed by atoms with E-state index in [1.165, 1.54) is 79.1 Å². The van der Waals surface area contributed by atoms with Crippen molar-refractivity contribution in [2.24, 2.45) is 7.05 Å². The van der Waals surface area contributed by atoms with Crippen molar-refractivity contribution in [3.05, 3.63) is 78.0 Å². The Balaban J connectivity index is 0.000000960. The number of allylic oxidation sites excluding steroid dienone is 1. The molecule has 1 atom stereocenters. The van der Waals surface area contributed by atoms with Gasteiger partial charge >= 0.3 is 0 Å². The van der Waals surface area contributed by atoms with Crippen LogP contribution in [0.3, 0.4) is 0 Å². The van der Waals surface area contributed by atoms with E-state index < -0.39 is 0 Å². The third kappa shape index (κ3) is 14.8. The van der Waals surface area contributed by atoms with Crippen molar-refractivity contribution >= 4 is 22.3 Å². The van der Waals surface area contributed by atoms with Crippen LogP contribution in [0.2, 0.25) is 0 Å². The number of methoxy groups -OCH3 is 1. The first-order valence-corrected chi connectivity index (χ1v) is 18.5. The van der Waals surface area contributed by atoms with Crippen molar-refractivity contribution in [3.63, 3.8) is 0 Å². The van der Waals surface area contributed by atoms with Gasteiger partial charge in [0.2, 0.25) is 0 Å². The number of para-hydroxylation sites is 1. The Hall–Kier alpha value is -2.98. The predicted molar refractivity (Wildman–Crippen MR) is 214 cm³/mol. The minimum Gasteiger partial charge on any atom is -0.494 e. The molecule has 4 heteroatoms. The Morgan fingerprint density at radius 3 is 2.02 bits per heavy atom. The van der Waals surface area contributed by atoms with Crippen molar-refractivity contribution in [2.75, 3.05) is 19.0 Å². The highest BCUT2D eigenvalue weighted by Crippen LogP contribution is 2.37. The lowest BCUT2D eigenvalue weighted by Crippen LogP contribution is -2.16. The van der Waals surface area contributed by atoms with Crippen LogP contribution in [0.1, 0.15) is 143 Å². The van der Waals surface area contributed by atoms with E-state index in [0.717, 1.165) is 41.7 Å². The summed E-state index contributed by atoms with van der Waals surface area (Å²) in [7, 11) is 3.85. The molecule has 47 heavy (non-hydrogen) atoms. The Bertz CT molecular complexity index is 1280. The molecule has 1 fully saturated rings. The lowest BCUT2D eigenvalue weighted by molar-refractivity contribution is 0.411. The molecule has 2 aromatic carbocycles. The summed E-state index contributed by atoms with van der Waals surface area (Å²) >= 11 is 0. The number of nitrogens with zero attached hydrogens (tertiary/aromatic N) is 1. The van der Waals surface area contributed by atoms with Gasteiger partial charge in [-0.2, -0.15) is 0 Å². The Kier molecular flexibility index (Phi) is 22.7. The fraction of sp³-hybridized carbons (Fsp3) is 0.581. The molecule has 0 spiro atoms. The van der Waals surface area contributed by atoms with Crippen LogP contribution in [0, 0.1) is 0 Å². The van der Waals surface area contributed by atoms with Crippen LogP contribution >= 0.6 is 0 Å². The number of rotatable bonds is 10. The number of hydrogen-bond acceptors (Lipinski definition) is 3. The van der Waals surface area contributed by atoms with E-state index in [1.807, 2.05) is 20.8 Å². The number of nitrogens with one attached hydrogen (secondary N) is 2. The van der Waals surface area contributed by atoms with Gasteiger partial charge in [0.05, 0.1) is 29.7 Å². The maximum Gasteiger partial charge on any atom is 0.145 e. The number of anilines is 1. The fourth-order valence-corrected chi connectivity index (χ4v) is 5.56. The van der Waals surface area contributed by atoms with Crippen LogP contribution in [0.25, 0.3) is 16.6 Å². The number of ether oxygens (including phenoxy) is 1. The predicted octanol–water partition coefficient (Wildman–Crippen LogP) is 12.6. The first-order valence-electron chi connectivity index (χ1n) is 18.5. The summed E-state index contributed by atoms with van der Waals surface area (Å²) in [4.78, 5) is 0. The van der Waals surface area contributed by atoms with Crippen molar-refractivity contribution in [1.29, 1.82) is 0 Å². The van der Waals surface area contributed by atoms with Gasteiger partial charge in [-0.15, -0.1) is 6.58 Å². The Morgan fingerprint density at radius 2 is 1.60 bits per heavy atom. The highest BCUT2D eigenvalue weighted by atomic mass is 16.5. The van der Waals surface area contributed by atoms with Crippen molar-refractivity contribution in [1.82, 2.24) is 9.88 Å². The van der Waals surface area contributed by atoms with Gasteiger partial charge in [-0.3, -0.25) is 0 Å². The highest BCUT2D eigenvalue weighted by Gasteiger charge is 2.20. The van der Waals surface area contributed by atoms with Gasteiger partial charge in [-0.25, -0.2) is 0 Å². The average molecular weight is 648 g/mol. The van der Waals surface area contributed by atoms with E-state index in [0.29, 0.717) is 0 Å². The van der Waals surface area contributed by atoms with E-state index >= 15 is 0 Å². The molecule has 1 unspecified atom stereocenters. The summed E-state index contributed by atoms with van der Waals surface area (Å²) in [5.41, 5.74) is 8.12. The topological polar surface area (TPSA) is 38.2 Å². The number of aromatic nitrogens is 1. The van der Waals surface area contributed by atoms with Gasteiger partial charge < -0.3 is 19.9 Å². The van der Waals surface area contributed by atoms with Crippen LogP contribution in [-0.2, 0) is 25.3 Å². The molecule has 2 N–H and O–H groups in total. The van der Waals surface area contributed by atoms with Crippen LogP contribution in [0.5, 0.6) is 5.75 Å². The monoisotopic (exact) mass is 648 g/mol. The van der Waals surface area contributed by atoms with Gasteiger partial charge in [-0.1, -0.05) is 131 Å². The van der Waals surface area contributed by atoms with Crippen LogP contribution in [-0.4, -0.2) is 24.3 Å². The molecule has 2 heterocycles. The molecule has 0 bridgehead atoms. The van der Waals surface area contributed by atoms with Crippen molar-refractivity contribution in [2.45, 2.75) is 145 Å². The summed E-state index contributed by atoms with van der Waals surface area (Å²) in [6.45, 7) is 32.7. The van der Waals surface area contributed by atoms with Gasteiger partial charge in [0.15, 0.2) is 0 Å². The van der Waals surface area contributed by atoms with Gasteiger partial charge in [-0.05, 0) is 80.3 Å². The summed E-state index contributed by atoms with van der Waals surface area (Å²) in [6.07, 6.45) is 13.4. The molecular formula is C43H73N3O. The Labute approximate surface area is 291 Å². The van der Waals surface area contributed by atoms with E-state index in [4.69, 9.17) is 4.74 Å². The lowest BCUT2D eigenvalue weighted by atomic mass is 9.85. The smallest absolute Gasteiger partial charge is 0.145 e. The minimum atomic E-state index is 0.0592. The van der Waals surface area contributed by atoms with Crippen LogP contribution in [0.4, 0.5) is 5.69 Å². The molecule has 0 saturated carbocycles. The quantitative estimate of drug-likeness (QED) is 0.170. The molecule has 3 aromatic rings. The highest BCUT2D eigenvalue weighted by molar-refractivity contribution is 5.90. The molecule has 1 saturated heterocycles. The third-order valence-corrected chi connectivity index (χ3v) is 8.25. The first kappa shape index (κ1) is 44.0. The van der Waals surface area contributed by atoms with Gasteiger partial charge in [0.1, 0.15) is 5.75 Å². The van der Waals surface area contributed by atoms with Crippen LogP contribution < -0.4 is 15.4 Å². The zero-order valence-corrected chi connectivity index (χ0v) is 33.0. The summed E-state index contributed by atoms with van der Waals surface area (Å²) < 4.78 is 8.03. The normalized spacial score (nSPS) is 13.4. The number of unbranched alkanes of at least 4 members (excludes halogenated alkanes) is 4. The second-order valence-electron chi connectivity index (χ2n) is 13.2. The zero-order chi connectivity index (χ0) is 36.0. The maximum absolute atomic E-state index is 5.79. The number of benzene rings is 2. The molecule has 266 valence electrons. The van der Waals surface area contributed by atoms with E-state index in [1.54, 1.807) is 13.2 Å². The lowest BCUT2D eigenvalue weighted by Gasteiger charge is -2.24. The SMILES string of the molecule is C=C(Nc1cc(C(C)(C)C)cc(CC)c1OC)c1cc2cccc(CC)c2n1C.C=CC.CC.CC1CCCN1.CCCCCCC. The first-order chi connectivity index (χ1) is 22.4.